The molecule has 1 fully saturated rings. The smallest absolute Gasteiger partial charge is 0.165 e. The molecule has 0 saturated carbocycles. The Bertz CT molecular complexity index is 193. The molecule has 1 atom stereocenters. The van der Waals surface area contributed by atoms with Crippen LogP contribution >= 0.6 is 0 Å². The molecule has 0 radical (unpaired) electrons. The Morgan fingerprint density at radius 2 is 2.21 bits per heavy atom. The van der Waals surface area contributed by atoms with Crippen molar-refractivity contribution < 1.29 is 19.0 Å². The zero-order chi connectivity index (χ0) is 10.4. The average molecular weight is 202 g/mol. The van der Waals surface area contributed by atoms with Gasteiger partial charge in [0.05, 0.1) is 6.61 Å². The third-order valence-electron chi connectivity index (χ3n) is 2.39. The number of rotatable bonds is 1. The van der Waals surface area contributed by atoms with Gasteiger partial charge in [0.15, 0.2) is 11.6 Å². The second-order valence-corrected chi connectivity index (χ2v) is 3.63. The van der Waals surface area contributed by atoms with E-state index in [0.29, 0.717) is 26.1 Å². The van der Waals surface area contributed by atoms with E-state index in [9.17, 15) is 4.79 Å². The van der Waals surface area contributed by atoms with Gasteiger partial charge in [0, 0.05) is 26.6 Å². The second kappa shape index (κ2) is 5.44. The van der Waals surface area contributed by atoms with E-state index < -0.39 is 5.79 Å². The lowest BCUT2D eigenvalue weighted by atomic mass is 10.1. The summed E-state index contributed by atoms with van der Waals surface area (Å²) in [5, 5.41) is 0. The zero-order valence-electron chi connectivity index (χ0n) is 8.88. The Morgan fingerprint density at radius 1 is 1.43 bits per heavy atom. The first-order valence-corrected chi connectivity index (χ1v) is 4.95. The summed E-state index contributed by atoms with van der Waals surface area (Å²) in [6.07, 6.45) is 1.84. The molecule has 0 N–H and O–H groups in total. The molecule has 82 valence electrons. The molecule has 1 heterocycles. The van der Waals surface area contributed by atoms with Gasteiger partial charge in [0.25, 0.3) is 0 Å². The summed E-state index contributed by atoms with van der Waals surface area (Å²) < 4.78 is 15.9. The number of methoxy groups -OCH3 is 1. The van der Waals surface area contributed by atoms with Crippen LogP contribution in [0.3, 0.4) is 0 Å². The van der Waals surface area contributed by atoms with Gasteiger partial charge in [-0.1, -0.05) is 0 Å². The van der Waals surface area contributed by atoms with E-state index in [-0.39, 0.29) is 12.4 Å². The Kier molecular flexibility index (Phi) is 4.51. The summed E-state index contributed by atoms with van der Waals surface area (Å²) in [5.74, 6) is -0.508. The molecule has 0 aromatic heterocycles. The van der Waals surface area contributed by atoms with Gasteiger partial charge in [-0.15, -0.1) is 0 Å². The first-order valence-electron chi connectivity index (χ1n) is 4.95. The van der Waals surface area contributed by atoms with Gasteiger partial charge in [0.2, 0.25) is 0 Å². The lowest BCUT2D eigenvalue weighted by Crippen LogP contribution is -2.33. The summed E-state index contributed by atoms with van der Waals surface area (Å²) in [6.45, 7) is 3.27. The van der Waals surface area contributed by atoms with E-state index in [1.54, 1.807) is 7.11 Å². The molecule has 14 heavy (non-hydrogen) atoms. The van der Waals surface area contributed by atoms with Gasteiger partial charge >= 0.3 is 0 Å². The van der Waals surface area contributed by atoms with Crippen LogP contribution in [0.4, 0.5) is 0 Å². The quantitative estimate of drug-likeness (QED) is 0.639. The van der Waals surface area contributed by atoms with Crippen molar-refractivity contribution in [2.45, 2.75) is 32.0 Å². The maximum atomic E-state index is 11.3. The van der Waals surface area contributed by atoms with Crippen molar-refractivity contribution >= 4 is 5.78 Å². The monoisotopic (exact) mass is 202 g/mol. The van der Waals surface area contributed by atoms with Gasteiger partial charge < -0.3 is 14.2 Å². The molecule has 0 bridgehead atoms. The highest BCUT2D eigenvalue weighted by atomic mass is 16.7. The summed E-state index contributed by atoms with van der Waals surface area (Å²) in [7, 11) is 1.60. The molecule has 1 rings (SSSR count). The molecule has 1 aliphatic rings. The molecule has 1 saturated heterocycles. The summed E-state index contributed by atoms with van der Waals surface area (Å²) >= 11 is 0. The molecule has 0 spiro atoms. The lowest BCUT2D eigenvalue weighted by molar-refractivity contribution is -0.217. The SMILES string of the molecule is COC1(C)CCC(=O)COCCCO1. The van der Waals surface area contributed by atoms with Crippen LogP contribution in [0.15, 0.2) is 0 Å². The highest BCUT2D eigenvalue weighted by molar-refractivity contribution is 5.79. The number of ketones is 1. The maximum absolute atomic E-state index is 11.3. The molecular weight excluding hydrogens is 184 g/mol. The van der Waals surface area contributed by atoms with Crippen LogP contribution in [0.2, 0.25) is 0 Å². The molecule has 1 aliphatic heterocycles. The average Bonchev–Trinajstić information content (AvgIpc) is 2.20. The minimum Gasteiger partial charge on any atom is -0.374 e. The molecular formula is C10H18O4. The molecule has 1 unspecified atom stereocenters. The Balaban J connectivity index is 2.48. The standard InChI is InChI=1S/C10H18O4/c1-10(12-2)5-4-9(11)8-13-6-3-7-14-10/h3-8H2,1-2H3. The number of ether oxygens (including phenoxy) is 3. The van der Waals surface area contributed by atoms with Crippen LogP contribution < -0.4 is 0 Å². The zero-order valence-corrected chi connectivity index (χ0v) is 8.88. The van der Waals surface area contributed by atoms with Crippen LogP contribution in [0.1, 0.15) is 26.2 Å². The fraction of sp³-hybridized carbons (Fsp3) is 0.900. The summed E-state index contributed by atoms with van der Waals surface area (Å²) in [4.78, 5) is 11.3. The topological polar surface area (TPSA) is 44.8 Å². The lowest BCUT2D eigenvalue weighted by Gasteiger charge is -2.28. The predicted octanol–water partition coefficient (Wildman–Crippen LogP) is 1.14. The third kappa shape index (κ3) is 3.74. The van der Waals surface area contributed by atoms with Crippen molar-refractivity contribution in [3.8, 4) is 0 Å². The van der Waals surface area contributed by atoms with Crippen LogP contribution in [-0.4, -0.2) is 38.5 Å². The Hall–Kier alpha value is -0.450. The van der Waals surface area contributed by atoms with Crippen molar-refractivity contribution in [1.82, 2.24) is 0 Å². The molecule has 0 aromatic rings. The number of Topliss-reactive ketones (excluding diaryl/α,β-unsaturated/α-hetero) is 1. The third-order valence-corrected chi connectivity index (χ3v) is 2.39. The van der Waals surface area contributed by atoms with Gasteiger partial charge in [-0.2, -0.15) is 0 Å². The van der Waals surface area contributed by atoms with Crippen LogP contribution in [0.5, 0.6) is 0 Å². The number of hydrogen-bond donors (Lipinski definition) is 0. The first-order chi connectivity index (χ1) is 6.66. The molecule has 0 amide bonds. The fourth-order valence-corrected chi connectivity index (χ4v) is 1.31. The van der Waals surface area contributed by atoms with Crippen molar-refractivity contribution in [3.63, 3.8) is 0 Å². The van der Waals surface area contributed by atoms with E-state index in [2.05, 4.69) is 0 Å². The van der Waals surface area contributed by atoms with Gasteiger partial charge in [-0.05, 0) is 13.3 Å². The molecule has 4 heteroatoms. The Morgan fingerprint density at radius 3 is 2.93 bits per heavy atom. The predicted molar refractivity (Wildman–Crippen MR) is 51.0 cm³/mol. The van der Waals surface area contributed by atoms with E-state index in [1.807, 2.05) is 6.92 Å². The molecule has 4 nitrogen and oxygen atoms in total. The van der Waals surface area contributed by atoms with Gasteiger partial charge in [0.1, 0.15) is 6.61 Å². The van der Waals surface area contributed by atoms with E-state index >= 15 is 0 Å². The summed E-state index contributed by atoms with van der Waals surface area (Å²) in [6, 6.07) is 0. The second-order valence-electron chi connectivity index (χ2n) is 3.63. The molecule has 0 aromatic carbocycles. The largest absolute Gasteiger partial charge is 0.374 e. The number of carbonyl (C=O) groups is 1. The maximum Gasteiger partial charge on any atom is 0.165 e. The minimum atomic E-state index is -0.618. The van der Waals surface area contributed by atoms with Crippen LogP contribution in [-0.2, 0) is 19.0 Å². The van der Waals surface area contributed by atoms with E-state index in [1.165, 1.54) is 0 Å². The Labute approximate surface area is 84.5 Å². The fourth-order valence-electron chi connectivity index (χ4n) is 1.31. The normalized spacial score (nSPS) is 31.4. The number of hydrogen-bond acceptors (Lipinski definition) is 4. The van der Waals surface area contributed by atoms with Crippen LogP contribution in [0, 0.1) is 0 Å². The van der Waals surface area contributed by atoms with Crippen molar-refractivity contribution in [3.05, 3.63) is 0 Å². The van der Waals surface area contributed by atoms with Crippen molar-refractivity contribution in [2.75, 3.05) is 26.9 Å². The van der Waals surface area contributed by atoms with E-state index in [4.69, 9.17) is 14.2 Å². The highest BCUT2D eigenvalue weighted by Gasteiger charge is 2.25. The first kappa shape index (κ1) is 11.6. The summed E-state index contributed by atoms with van der Waals surface area (Å²) in [5.41, 5.74) is 0. The minimum absolute atomic E-state index is 0.110. The van der Waals surface area contributed by atoms with Crippen molar-refractivity contribution in [2.24, 2.45) is 0 Å². The number of carbonyl (C=O) groups excluding carboxylic acids is 1. The molecule has 0 aliphatic carbocycles. The van der Waals surface area contributed by atoms with Gasteiger partial charge in [-0.3, -0.25) is 4.79 Å². The van der Waals surface area contributed by atoms with E-state index in [0.717, 1.165) is 6.42 Å². The van der Waals surface area contributed by atoms with Crippen molar-refractivity contribution in [1.29, 1.82) is 0 Å². The van der Waals surface area contributed by atoms with Gasteiger partial charge in [-0.25, -0.2) is 0 Å². The highest BCUT2D eigenvalue weighted by Crippen LogP contribution is 2.19. The van der Waals surface area contributed by atoms with Crippen LogP contribution in [0.25, 0.3) is 0 Å².